The zero-order chi connectivity index (χ0) is 22.7. The molecule has 4 atom stereocenters. The van der Waals surface area contributed by atoms with Crippen molar-refractivity contribution in [1.29, 1.82) is 5.26 Å². The van der Waals surface area contributed by atoms with Crippen molar-refractivity contribution in [3.63, 3.8) is 0 Å². The Hall–Kier alpha value is -0.456. The van der Waals surface area contributed by atoms with Gasteiger partial charge >= 0.3 is 0 Å². The fourth-order valence-electron chi connectivity index (χ4n) is 3.09. The Labute approximate surface area is 182 Å². The topological polar surface area (TPSA) is 51.5 Å². The van der Waals surface area contributed by atoms with Gasteiger partial charge in [0.05, 0.1) is 30.5 Å². The summed E-state index contributed by atoms with van der Waals surface area (Å²) in [6, 6.07) is 2.26. The van der Waals surface area contributed by atoms with Gasteiger partial charge in [-0.1, -0.05) is 47.6 Å². The minimum absolute atomic E-state index is 0.0304. The van der Waals surface area contributed by atoms with E-state index in [4.69, 9.17) is 18.9 Å². The van der Waals surface area contributed by atoms with Gasteiger partial charge in [0.1, 0.15) is 0 Å². The second-order valence-electron chi connectivity index (χ2n) is 11.5. The van der Waals surface area contributed by atoms with Gasteiger partial charge in [-0.3, -0.25) is 0 Å². The molecule has 1 aliphatic heterocycles. The summed E-state index contributed by atoms with van der Waals surface area (Å²) in [5.41, 5.74) is 0. The Kier molecular flexibility index (Phi) is 8.96. The van der Waals surface area contributed by atoms with Gasteiger partial charge in [0.2, 0.25) is 0 Å². The first-order valence-corrected chi connectivity index (χ1v) is 16.9. The van der Waals surface area contributed by atoms with Gasteiger partial charge in [0.25, 0.3) is 0 Å². The van der Waals surface area contributed by atoms with E-state index in [1.54, 1.807) is 0 Å². The summed E-state index contributed by atoms with van der Waals surface area (Å²) in [6.07, 6.45) is 4.64. The Bertz CT molecular complexity index is 584. The van der Waals surface area contributed by atoms with Gasteiger partial charge in [-0.2, -0.15) is 5.26 Å². The Morgan fingerprint density at radius 3 is 1.76 bits per heavy atom. The van der Waals surface area contributed by atoms with E-state index in [9.17, 15) is 0 Å². The highest BCUT2D eigenvalue weighted by molar-refractivity contribution is 6.74. The van der Waals surface area contributed by atoms with Crippen LogP contribution in [0.1, 0.15) is 67.2 Å². The molecule has 0 unspecified atom stereocenters. The highest BCUT2D eigenvalue weighted by Gasteiger charge is 2.52. The molecule has 0 aliphatic carbocycles. The predicted octanol–water partition coefficient (Wildman–Crippen LogP) is 6.80. The van der Waals surface area contributed by atoms with E-state index in [2.05, 4.69) is 80.4 Å². The normalized spacial score (nSPS) is 26.4. The first kappa shape index (κ1) is 26.6. The fraction of sp³-hybridized carbons (Fsp3) is 0.870. The quantitative estimate of drug-likeness (QED) is 0.225. The van der Waals surface area contributed by atoms with Crippen molar-refractivity contribution >= 4 is 16.6 Å². The molecule has 1 heterocycles. The summed E-state index contributed by atoms with van der Waals surface area (Å²) < 4.78 is 20.4. The lowest BCUT2D eigenvalue weighted by atomic mass is 10.0. The van der Waals surface area contributed by atoms with Crippen LogP contribution >= 0.6 is 0 Å². The SMILES string of the molecule is C=CC[C@H]1O[C@@H](CCCC#N)[C@@H](O[Si](C)(C)C(C)(C)C)[C@@H]1O[Si](C)(C)C(C)(C)C. The molecular weight excluding hydrogens is 394 g/mol. The molecule has 168 valence electrons. The van der Waals surface area contributed by atoms with Gasteiger partial charge in [0.15, 0.2) is 16.6 Å². The van der Waals surface area contributed by atoms with E-state index in [0.717, 1.165) is 19.3 Å². The molecule has 1 rings (SSSR count). The summed E-state index contributed by atoms with van der Waals surface area (Å²) in [4.78, 5) is 0. The molecule has 0 saturated carbocycles. The van der Waals surface area contributed by atoms with Crippen LogP contribution in [0, 0.1) is 11.3 Å². The number of hydrogen-bond donors (Lipinski definition) is 0. The van der Waals surface area contributed by atoms with Crippen molar-refractivity contribution in [1.82, 2.24) is 0 Å². The van der Waals surface area contributed by atoms with E-state index in [1.807, 2.05) is 6.08 Å². The minimum Gasteiger partial charge on any atom is -0.409 e. The summed E-state index contributed by atoms with van der Waals surface area (Å²) in [5.74, 6) is 0. The number of nitriles is 1. The highest BCUT2D eigenvalue weighted by atomic mass is 28.4. The Morgan fingerprint density at radius 1 is 0.931 bits per heavy atom. The number of unbranched alkanes of at least 4 members (excludes halogenated alkanes) is 1. The van der Waals surface area contributed by atoms with E-state index < -0.39 is 16.6 Å². The molecule has 0 spiro atoms. The summed E-state index contributed by atoms with van der Waals surface area (Å²) in [7, 11) is -4.01. The zero-order valence-corrected chi connectivity index (χ0v) is 22.6. The molecule has 0 radical (unpaired) electrons. The molecule has 29 heavy (non-hydrogen) atoms. The van der Waals surface area contributed by atoms with Crippen LogP contribution in [-0.4, -0.2) is 41.1 Å². The van der Waals surface area contributed by atoms with Gasteiger partial charge in [-0.25, -0.2) is 0 Å². The lowest BCUT2D eigenvalue weighted by Gasteiger charge is -2.44. The van der Waals surface area contributed by atoms with E-state index >= 15 is 0 Å². The van der Waals surface area contributed by atoms with Crippen molar-refractivity contribution in [2.45, 2.75) is 128 Å². The molecule has 4 nitrogen and oxygen atoms in total. The maximum Gasteiger partial charge on any atom is 0.192 e. The van der Waals surface area contributed by atoms with Crippen LogP contribution in [0.5, 0.6) is 0 Å². The van der Waals surface area contributed by atoms with Crippen LogP contribution in [0.25, 0.3) is 0 Å². The lowest BCUT2D eigenvalue weighted by Crippen LogP contribution is -2.54. The molecule has 1 aliphatic rings. The molecule has 0 N–H and O–H groups in total. The Balaban J connectivity index is 3.26. The van der Waals surface area contributed by atoms with Gasteiger partial charge < -0.3 is 13.6 Å². The van der Waals surface area contributed by atoms with Crippen LogP contribution in [0.3, 0.4) is 0 Å². The van der Waals surface area contributed by atoms with Crippen LogP contribution in [0.4, 0.5) is 0 Å². The molecule has 0 aromatic carbocycles. The molecular formula is C23H45NO3Si2. The van der Waals surface area contributed by atoms with Gasteiger partial charge in [-0.15, -0.1) is 6.58 Å². The fourth-order valence-corrected chi connectivity index (χ4v) is 5.73. The second kappa shape index (κ2) is 9.78. The minimum atomic E-state index is -2.01. The largest absolute Gasteiger partial charge is 0.409 e. The standard InChI is InChI=1S/C23H45NO3Si2/c1-12-15-18-20(26-28(8,9)22(2,3)4)21(19(25-18)16-13-14-17-24)27-29(10,11)23(5,6)7/h12,18-21H,1,13-16H2,2-11H3/t18-,19+,20-,21-/m1/s1. The van der Waals surface area contributed by atoms with Crippen LogP contribution in [0.2, 0.25) is 36.3 Å². The number of ether oxygens (including phenoxy) is 1. The third-order valence-corrected chi connectivity index (χ3v) is 16.0. The zero-order valence-electron chi connectivity index (χ0n) is 20.6. The van der Waals surface area contributed by atoms with E-state index in [1.165, 1.54) is 0 Å². The maximum atomic E-state index is 8.98. The van der Waals surface area contributed by atoms with Crippen LogP contribution in [-0.2, 0) is 13.6 Å². The second-order valence-corrected chi connectivity index (χ2v) is 21.0. The van der Waals surface area contributed by atoms with E-state index in [-0.39, 0.29) is 34.5 Å². The Morgan fingerprint density at radius 2 is 1.38 bits per heavy atom. The van der Waals surface area contributed by atoms with Crippen LogP contribution < -0.4 is 0 Å². The predicted molar refractivity (Wildman–Crippen MR) is 127 cm³/mol. The average molecular weight is 440 g/mol. The number of rotatable bonds is 9. The monoisotopic (exact) mass is 439 g/mol. The smallest absolute Gasteiger partial charge is 0.192 e. The van der Waals surface area contributed by atoms with Crippen molar-refractivity contribution in [2.75, 3.05) is 0 Å². The summed E-state index contributed by atoms with van der Waals surface area (Å²) >= 11 is 0. The molecule has 0 amide bonds. The molecule has 1 fully saturated rings. The van der Waals surface area contributed by atoms with Gasteiger partial charge in [0, 0.05) is 6.42 Å². The number of nitrogens with zero attached hydrogens (tertiary/aromatic N) is 1. The highest BCUT2D eigenvalue weighted by Crippen LogP contribution is 2.44. The lowest BCUT2D eigenvalue weighted by molar-refractivity contribution is 0.00720. The summed E-state index contributed by atoms with van der Waals surface area (Å²) in [5, 5.41) is 9.21. The van der Waals surface area contributed by atoms with Gasteiger partial charge in [-0.05, 0) is 55.5 Å². The van der Waals surface area contributed by atoms with E-state index in [0.29, 0.717) is 6.42 Å². The number of hydrogen-bond acceptors (Lipinski definition) is 4. The maximum absolute atomic E-state index is 8.98. The molecule has 6 heteroatoms. The first-order valence-electron chi connectivity index (χ1n) is 11.1. The average Bonchev–Trinajstić information content (AvgIpc) is 2.82. The molecule has 0 aromatic heterocycles. The van der Waals surface area contributed by atoms with Crippen molar-refractivity contribution in [2.24, 2.45) is 0 Å². The molecule has 0 aromatic rings. The third kappa shape index (κ3) is 6.76. The first-order chi connectivity index (χ1) is 13.1. The third-order valence-electron chi connectivity index (χ3n) is 7.06. The molecule has 1 saturated heterocycles. The molecule has 0 bridgehead atoms. The van der Waals surface area contributed by atoms with Crippen molar-refractivity contribution in [3.05, 3.63) is 12.7 Å². The van der Waals surface area contributed by atoms with Crippen molar-refractivity contribution in [3.8, 4) is 6.07 Å². The van der Waals surface area contributed by atoms with Crippen LogP contribution in [0.15, 0.2) is 12.7 Å². The summed E-state index contributed by atoms with van der Waals surface area (Å²) in [6.45, 7) is 26.7. The van der Waals surface area contributed by atoms with Crippen molar-refractivity contribution < 1.29 is 13.6 Å².